The predicted molar refractivity (Wildman–Crippen MR) is 73.0 cm³/mol. The summed E-state index contributed by atoms with van der Waals surface area (Å²) in [7, 11) is 1.26. The molecule has 1 aliphatic heterocycles. The molecule has 2 aromatic rings. The second-order valence-corrected chi connectivity index (χ2v) is 4.44. The maximum absolute atomic E-state index is 12.2. The molecule has 0 unspecified atom stereocenters. The number of rotatable bonds is 2. The normalized spacial score (nSPS) is 12.7. The molecular weight excluding hydrogens is 258 g/mol. The third-order valence-corrected chi connectivity index (χ3v) is 3.28. The molecule has 5 heteroatoms. The Bertz CT molecular complexity index is 719. The molecule has 2 heterocycles. The molecule has 0 amide bonds. The number of methoxy groups -OCH3 is 1. The summed E-state index contributed by atoms with van der Waals surface area (Å²) < 4.78 is 11.7. The summed E-state index contributed by atoms with van der Waals surface area (Å²) in [4.78, 5) is 24.0. The van der Waals surface area contributed by atoms with E-state index in [2.05, 4.69) is 4.74 Å². The number of benzene rings is 1. The van der Waals surface area contributed by atoms with Crippen LogP contribution in [0.4, 0.5) is 0 Å². The van der Waals surface area contributed by atoms with E-state index in [0.717, 1.165) is 11.1 Å². The SMILES string of the molecule is COC(=O)c1cc(-c2ccccc2)c2n(c1=O)CCO2. The van der Waals surface area contributed by atoms with Crippen molar-refractivity contribution in [1.29, 1.82) is 0 Å². The van der Waals surface area contributed by atoms with Crippen LogP contribution in [-0.4, -0.2) is 24.3 Å². The maximum atomic E-state index is 12.2. The van der Waals surface area contributed by atoms with Crippen molar-refractivity contribution in [1.82, 2.24) is 4.57 Å². The maximum Gasteiger partial charge on any atom is 0.343 e. The molecule has 0 saturated carbocycles. The molecule has 20 heavy (non-hydrogen) atoms. The van der Waals surface area contributed by atoms with Gasteiger partial charge in [0.2, 0.25) is 5.88 Å². The van der Waals surface area contributed by atoms with Crippen molar-refractivity contribution in [3.63, 3.8) is 0 Å². The second kappa shape index (κ2) is 4.85. The van der Waals surface area contributed by atoms with Gasteiger partial charge >= 0.3 is 5.97 Å². The minimum absolute atomic E-state index is 0.0283. The van der Waals surface area contributed by atoms with E-state index in [-0.39, 0.29) is 11.1 Å². The molecule has 1 aromatic carbocycles. The molecule has 0 fully saturated rings. The van der Waals surface area contributed by atoms with Crippen molar-refractivity contribution in [3.8, 4) is 17.0 Å². The molecule has 1 aliphatic rings. The average molecular weight is 271 g/mol. The van der Waals surface area contributed by atoms with Crippen LogP contribution < -0.4 is 10.3 Å². The minimum Gasteiger partial charge on any atom is -0.476 e. The molecule has 5 nitrogen and oxygen atoms in total. The van der Waals surface area contributed by atoms with Gasteiger partial charge in [-0.25, -0.2) is 4.79 Å². The third kappa shape index (κ3) is 1.87. The highest BCUT2D eigenvalue weighted by Crippen LogP contribution is 2.31. The standard InChI is InChI=1S/C15H13NO4/c1-19-15(18)12-9-11(10-5-3-2-4-6-10)14-16(13(12)17)7-8-20-14/h2-6,9H,7-8H2,1H3. The summed E-state index contributed by atoms with van der Waals surface area (Å²) in [5.41, 5.74) is 1.27. The number of carbonyl (C=O) groups excluding carboxylic acids is 1. The highest BCUT2D eigenvalue weighted by Gasteiger charge is 2.24. The van der Waals surface area contributed by atoms with E-state index >= 15 is 0 Å². The number of ether oxygens (including phenoxy) is 2. The lowest BCUT2D eigenvalue weighted by atomic mass is 10.0. The van der Waals surface area contributed by atoms with Gasteiger partial charge in [-0.1, -0.05) is 30.3 Å². The molecule has 0 aliphatic carbocycles. The van der Waals surface area contributed by atoms with Gasteiger partial charge in [-0.2, -0.15) is 0 Å². The van der Waals surface area contributed by atoms with E-state index < -0.39 is 5.97 Å². The Kier molecular flexibility index (Phi) is 3.02. The van der Waals surface area contributed by atoms with Crippen molar-refractivity contribution in [2.45, 2.75) is 6.54 Å². The Morgan fingerprint density at radius 2 is 2.05 bits per heavy atom. The van der Waals surface area contributed by atoms with Crippen LogP contribution in [0.25, 0.3) is 11.1 Å². The zero-order valence-corrected chi connectivity index (χ0v) is 11.0. The van der Waals surface area contributed by atoms with E-state index in [4.69, 9.17) is 4.74 Å². The molecular formula is C15H13NO4. The first-order chi connectivity index (χ1) is 9.72. The number of hydrogen-bond acceptors (Lipinski definition) is 4. The van der Waals surface area contributed by atoms with Crippen LogP contribution in [0.2, 0.25) is 0 Å². The van der Waals surface area contributed by atoms with Crippen LogP contribution in [0.5, 0.6) is 5.88 Å². The zero-order chi connectivity index (χ0) is 14.1. The van der Waals surface area contributed by atoms with Gasteiger partial charge in [0.1, 0.15) is 12.2 Å². The van der Waals surface area contributed by atoms with E-state index in [1.54, 1.807) is 6.07 Å². The molecule has 0 atom stereocenters. The highest BCUT2D eigenvalue weighted by atomic mass is 16.5. The molecule has 0 spiro atoms. The van der Waals surface area contributed by atoms with Crippen molar-refractivity contribution in [2.24, 2.45) is 0 Å². The average Bonchev–Trinajstić information content (AvgIpc) is 2.98. The lowest BCUT2D eigenvalue weighted by Gasteiger charge is -2.10. The van der Waals surface area contributed by atoms with Crippen LogP contribution in [0.15, 0.2) is 41.2 Å². The van der Waals surface area contributed by atoms with Crippen LogP contribution in [-0.2, 0) is 11.3 Å². The van der Waals surface area contributed by atoms with Gasteiger partial charge in [0, 0.05) is 5.56 Å². The van der Waals surface area contributed by atoms with Gasteiger partial charge in [0.05, 0.1) is 13.7 Å². The third-order valence-electron chi connectivity index (χ3n) is 3.28. The van der Waals surface area contributed by atoms with Crippen LogP contribution in [0.1, 0.15) is 10.4 Å². The molecule has 0 N–H and O–H groups in total. The topological polar surface area (TPSA) is 57.5 Å². The van der Waals surface area contributed by atoms with Crippen molar-refractivity contribution in [3.05, 3.63) is 52.3 Å². The molecule has 0 saturated heterocycles. The van der Waals surface area contributed by atoms with Gasteiger partial charge < -0.3 is 9.47 Å². The number of pyridine rings is 1. The van der Waals surface area contributed by atoms with Gasteiger partial charge in [-0.15, -0.1) is 0 Å². The lowest BCUT2D eigenvalue weighted by molar-refractivity contribution is 0.0598. The Hall–Kier alpha value is -2.56. The van der Waals surface area contributed by atoms with Gasteiger partial charge in [0.15, 0.2) is 0 Å². The van der Waals surface area contributed by atoms with Gasteiger partial charge in [-0.3, -0.25) is 9.36 Å². The Morgan fingerprint density at radius 1 is 1.30 bits per heavy atom. The number of hydrogen-bond donors (Lipinski definition) is 0. The van der Waals surface area contributed by atoms with Crippen LogP contribution >= 0.6 is 0 Å². The fourth-order valence-electron chi connectivity index (χ4n) is 2.32. The van der Waals surface area contributed by atoms with Crippen LogP contribution in [0, 0.1) is 0 Å². The van der Waals surface area contributed by atoms with Crippen LogP contribution in [0.3, 0.4) is 0 Å². The number of aromatic nitrogens is 1. The Morgan fingerprint density at radius 3 is 2.75 bits per heavy atom. The van der Waals surface area contributed by atoms with Crippen molar-refractivity contribution < 1.29 is 14.3 Å². The summed E-state index contributed by atoms with van der Waals surface area (Å²) in [6, 6.07) is 11.0. The quantitative estimate of drug-likeness (QED) is 0.780. The number of carbonyl (C=O) groups is 1. The summed E-state index contributed by atoms with van der Waals surface area (Å²) in [6.07, 6.45) is 0. The second-order valence-electron chi connectivity index (χ2n) is 4.44. The van der Waals surface area contributed by atoms with Crippen molar-refractivity contribution >= 4 is 5.97 Å². The fraction of sp³-hybridized carbons (Fsp3) is 0.200. The summed E-state index contributed by atoms with van der Waals surface area (Å²) >= 11 is 0. The van der Waals surface area contributed by atoms with Gasteiger partial charge in [-0.05, 0) is 11.6 Å². The predicted octanol–water partition coefficient (Wildman–Crippen LogP) is 1.69. The monoisotopic (exact) mass is 271 g/mol. The zero-order valence-electron chi connectivity index (χ0n) is 11.0. The minimum atomic E-state index is -0.630. The summed E-state index contributed by atoms with van der Waals surface area (Å²) in [5.74, 6) is -0.122. The molecule has 0 radical (unpaired) electrons. The number of fused-ring (bicyclic) bond motifs is 1. The van der Waals surface area contributed by atoms with E-state index in [9.17, 15) is 9.59 Å². The lowest BCUT2D eigenvalue weighted by Crippen LogP contribution is -2.25. The summed E-state index contributed by atoms with van der Waals surface area (Å²) in [5, 5.41) is 0. The smallest absolute Gasteiger partial charge is 0.343 e. The van der Waals surface area contributed by atoms with Gasteiger partial charge in [0.25, 0.3) is 5.56 Å². The first-order valence-corrected chi connectivity index (χ1v) is 6.26. The summed E-state index contributed by atoms with van der Waals surface area (Å²) in [6.45, 7) is 0.874. The first kappa shape index (κ1) is 12.5. The largest absolute Gasteiger partial charge is 0.476 e. The molecule has 102 valence electrons. The molecule has 3 rings (SSSR count). The highest BCUT2D eigenvalue weighted by molar-refractivity contribution is 5.91. The number of esters is 1. The van der Waals surface area contributed by atoms with Crippen molar-refractivity contribution in [2.75, 3.05) is 13.7 Å². The Balaban J connectivity index is 2.28. The Labute approximate surface area is 115 Å². The molecule has 1 aromatic heterocycles. The molecule has 0 bridgehead atoms. The van der Waals surface area contributed by atoms with E-state index in [0.29, 0.717) is 19.0 Å². The van der Waals surface area contributed by atoms with E-state index in [1.807, 2.05) is 30.3 Å². The fourth-order valence-corrected chi connectivity index (χ4v) is 2.32. The number of nitrogens with zero attached hydrogens (tertiary/aromatic N) is 1. The first-order valence-electron chi connectivity index (χ1n) is 6.26. The van der Waals surface area contributed by atoms with E-state index in [1.165, 1.54) is 11.7 Å².